The van der Waals surface area contributed by atoms with Gasteiger partial charge in [-0.1, -0.05) is 5.16 Å². The summed E-state index contributed by atoms with van der Waals surface area (Å²) >= 11 is 1.63. The van der Waals surface area contributed by atoms with E-state index in [2.05, 4.69) is 24.3 Å². The van der Waals surface area contributed by atoms with Gasteiger partial charge in [0.05, 0.1) is 10.2 Å². The van der Waals surface area contributed by atoms with Crippen molar-refractivity contribution in [1.29, 1.82) is 0 Å². The second-order valence-corrected chi connectivity index (χ2v) is 5.89. The number of carbonyl (C=O) groups is 1. The summed E-state index contributed by atoms with van der Waals surface area (Å²) in [6, 6.07) is 5.87. The Hall–Kier alpha value is -2.08. The van der Waals surface area contributed by atoms with Crippen LogP contribution in [-0.2, 0) is 0 Å². The molecule has 6 heteroatoms. The van der Waals surface area contributed by atoms with E-state index in [4.69, 9.17) is 4.52 Å². The zero-order valence-corrected chi connectivity index (χ0v) is 12.3. The van der Waals surface area contributed by atoms with E-state index in [1.165, 1.54) is 0 Å². The van der Waals surface area contributed by atoms with Crippen LogP contribution in [0.1, 0.15) is 36.1 Å². The highest BCUT2D eigenvalue weighted by atomic mass is 32.1. The highest BCUT2D eigenvalue weighted by Crippen LogP contribution is 2.28. The molecule has 0 spiro atoms. The molecule has 0 fully saturated rings. The summed E-state index contributed by atoms with van der Waals surface area (Å²) in [6.07, 6.45) is 0. The number of rotatable bonds is 3. The molecular formula is C14H15N3O2S. The first-order valence-electron chi connectivity index (χ1n) is 6.39. The number of aromatic nitrogens is 2. The van der Waals surface area contributed by atoms with E-state index in [0.29, 0.717) is 17.3 Å². The van der Waals surface area contributed by atoms with Gasteiger partial charge in [-0.15, -0.1) is 11.3 Å². The molecule has 0 bridgehead atoms. The lowest BCUT2D eigenvalue weighted by atomic mass is 10.3. The fourth-order valence-corrected chi connectivity index (χ4v) is 3.09. The average Bonchev–Trinajstić information content (AvgIpc) is 3.02. The van der Waals surface area contributed by atoms with Crippen LogP contribution in [0.25, 0.3) is 10.2 Å². The number of aryl methyl sites for hydroxylation is 1. The van der Waals surface area contributed by atoms with Crippen LogP contribution in [0.15, 0.2) is 28.1 Å². The Bertz CT molecular complexity index is 766. The summed E-state index contributed by atoms with van der Waals surface area (Å²) in [5, 5.41) is 8.58. The summed E-state index contributed by atoms with van der Waals surface area (Å²) in [4.78, 5) is 12.4. The maximum atomic E-state index is 12.4. The van der Waals surface area contributed by atoms with Crippen LogP contribution in [0.3, 0.4) is 0 Å². The minimum absolute atomic E-state index is 0.171. The van der Waals surface area contributed by atoms with Crippen LogP contribution in [0, 0.1) is 6.92 Å². The van der Waals surface area contributed by atoms with Crippen molar-refractivity contribution in [3.63, 3.8) is 0 Å². The van der Waals surface area contributed by atoms with Gasteiger partial charge >= 0.3 is 0 Å². The molecule has 1 N–H and O–H groups in total. The quantitative estimate of drug-likeness (QED) is 0.797. The van der Waals surface area contributed by atoms with Gasteiger partial charge in [0.1, 0.15) is 11.5 Å². The highest BCUT2D eigenvalue weighted by Gasteiger charge is 2.19. The molecule has 3 rings (SSSR count). The fourth-order valence-electron chi connectivity index (χ4n) is 2.28. The molecule has 104 valence electrons. The number of fused-ring (bicyclic) bond motifs is 1. The predicted octanol–water partition coefficient (Wildman–Crippen LogP) is 3.83. The summed E-state index contributed by atoms with van der Waals surface area (Å²) in [5.74, 6) is 0.934. The van der Waals surface area contributed by atoms with E-state index < -0.39 is 0 Å². The van der Waals surface area contributed by atoms with Gasteiger partial charge in [-0.2, -0.15) is 0 Å². The van der Waals surface area contributed by atoms with Crippen molar-refractivity contribution in [3.05, 3.63) is 35.0 Å². The number of amides is 1. The third kappa shape index (κ3) is 2.12. The molecule has 3 heterocycles. The van der Waals surface area contributed by atoms with Gasteiger partial charge in [0, 0.05) is 12.1 Å². The van der Waals surface area contributed by atoms with E-state index in [0.717, 1.165) is 10.2 Å². The lowest BCUT2D eigenvalue weighted by molar-refractivity contribution is 0.101. The van der Waals surface area contributed by atoms with Crippen molar-refractivity contribution >= 4 is 33.3 Å². The maximum absolute atomic E-state index is 12.4. The van der Waals surface area contributed by atoms with E-state index in [1.807, 2.05) is 22.1 Å². The van der Waals surface area contributed by atoms with E-state index in [9.17, 15) is 4.79 Å². The molecule has 0 saturated heterocycles. The highest BCUT2D eigenvalue weighted by molar-refractivity contribution is 7.17. The van der Waals surface area contributed by atoms with E-state index >= 15 is 0 Å². The smallest absolute Gasteiger partial charge is 0.273 e. The molecule has 0 aromatic carbocycles. The molecule has 5 nitrogen and oxygen atoms in total. The van der Waals surface area contributed by atoms with Crippen LogP contribution >= 0.6 is 11.3 Å². The summed E-state index contributed by atoms with van der Waals surface area (Å²) in [6.45, 7) is 5.91. The number of nitrogens with one attached hydrogen (secondary N) is 1. The van der Waals surface area contributed by atoms with Crippen molar-refractivity contribution in [2.45, 2.75) is 26.8 Å². The van der Waals surface area contributed by atoms with Crippen molar-refractivity contribution in [2.24, 2.45) is 0 Å². The van der Waals surface area contributed by atoms with Gasteiger partial charge in [-0.3, -0.25) is 4.79 Å². The topological polar surface area (TPSA) is 60.1 Å². The van der Waals surface area contributed by atoms with Crippen LogP contribution in [0.5, 0.6) is 0 Å². The van der Waals surface area contributed by atoms with Crippen LogP contribution in [0.2, 0.25) is 0 Å². The Balaban J connectivity index is 1.98. The van der Waals surface area contributed by atoms with E-state index in [1.54, 1.807) is 24.3 Å². The SMILES string of the molecule is Cc1cc(NC(=O)c2cc3sccc3n2C(C)C)no1. The van der Waals surface area contributed by atoms with Gasteiger partial charge in [0.2, 0.25) is 0 Å². The molecule has 0 aliphatic carbocycles. The Labute approximate surface area is 120 Å². The molecule has 0 atom stereocenters. The number of nitrogens with zero attached hydrogens (tertiary/aromatic N) is 2. The van der Waals surface area contributed by atoms with Crippen LogP contribution < -0.4 is 5.32 Å². The van der Waals surface area contributed by atoms with Gasteiger partial charge in [-0.05, 0) is 38.3 Å². The number of hydrogen-bond donors (Lipinski definition) is 1. The Kier molecular flexibility index (Phi) is 3.10. The molecule has 0 saturated carbocycles. The van der Waals surface area contributed by atoms with E-state index in [-0.39, 0.29) is 11.9 Å². The third-order valence-corrected chi connectivity index (χ3v) is 3.93. The number of thiophene rings is 1. The number of carbonyl (C=O) groups excluding carboxylic acids is 1. The minimum Gasteiger partial charge on any atom is -0.360 e. The summed E-state index contributed by atoms with van der Waals surface area (Å²) in [7, 11) is 0. The van der Waals surface area contributed by atoms with Gasteiger partial charge < -0.3 is 14.4 Å². The molecule has 0 aliphatic heterocycles. The number of anilines is 1. The molecule has 1 amide bonds. The minimum atomic E-state index is -0.171. The molecule has 0 unspecified atom stereocenters. The fraction of sp³-hybridized carbons (Fsp3) is 0.286. The summed E-state index contributed by atoms with van der Waals surface area (Å²) < 4.78 is 8.10. The normalized spacial score (nSPS) is 11.4. The van der Waals surface area contributed by atoms with Crippen molar-refractivity contribution < 1.29 is 9.32 Å². The van der Waals surface area contributed by atoms with Gasteiger partial charge in [0.15, 0.2) is 5.82 Å². The van der Waals surface area contributed by atoms with Crippen LogP contribution in [-0.4, -0.2) is 15.6 Å². The monoisotopic (exact) mass is 289 g/mol. The zero-order chi connectivity index (χ0) is 14.3. The first-order valence-corrected chi connectivity index (χ1v) is 7.27. The van der Waals surface area contributed by atoms with Crippen molar-refractivity contribution in [2.75, 3.05) is 5.32 Å². The number of hydrogen-bond acceptors (Lipinski definition) is 4. The van der Waals surface area contributed by atoms with Crippen LogP contribution in [0.4, 0.5) is 5.82 Å². The van der Waals surface area contributed by atoms with Gasteiger partial charge in [0.25, 0.3) is 5.91 Å². The van der Waals surface area contributed by atoms with Crippen molar-refractivity contribution in [3.8, 4) is 0 Å². The van der Waals surface area contributed by atoms with Gasteiger partial charge in [-0.25, -0.2) is 0 Å². The molecule has 3 aromatic heterocycles. The third-order valence-electron chi connectivity index (χ3n) is 3.08. The molecular weight excluding hydrogens is 274 g/mol. The largest absolute Gasteiger partial charge is 0.360 e. The maximum Gasteiger partial charge on any atom is 0.273 e. The lowest BCUT2D eigenvalue weighted by Gasteiger charge is -2.13. The Morgan fingerprint density at radius 2 is 2.25 bits per heavy atom. The molecule has 20 heavy (non-hydrogen) atoms. The zero-order valence-electron chi connectivity index (χ0n) is 11.5. The second-order valence-electron chi connectivity index (χ2n) is 4.94. The standard InChI is InChI=1S/C14H15N3O2S/c1-8(2)17-10-4-5-20-12(10)7-11(17)14(18)15-13-6-9(3)19-16-13/h4-8H,1-3H3,(H,15,16,18). The molecule has 0 radical (unpaired) electrons. The second kappa shape index (κ2) is 4.79. The first kappa shape index (κ1) is 12.9. The van der Waals surface area contributed by atoms with Crippen molar-refractivity contribution in [1.82, 2.24) is 9.72 Å². The Morgan fingerprint density at radius 1 is 1.45 bits per heavy atom. The Morgan fingerprint density at radius 3 is 2.90 bits per heavy atom. The predicted molar refractivity (Wildman–Crippen MR) is 79.4 cm³/mol. The molecule has 0 aliphatic rings. The average molecular weight is 289 g/mol. The first-order chi connectivity index (χ1) is 9.56. The lowest BCUT2D eigenvalue weighted by Crippen LogP contribution is -2.18. The molecule has 3 aromatic rings. The summed E-state index contributed by atoms with van der Waals surface area (Å²) in [5.41, 5.74) is 1.73.